The largest absolute Gasteiger partial charge is 0.495 e. The molecule has 5 aromatic rings. The Kier molecular flexibility index (Phi) is 8.04. The van der Waals surface area contributed by atoms with Gasteiger partial charge in [0.05, 0.1) is 25.0 Å². The number of methoxy groups -OCH3 is 1. The number of benzene rings is 1. The normalized spacial score (nSPS) is 13.5. The van der Waals surface area contributed by atoms with E-state index in [2.05, 4.69) is 9.97 Å². The number of aryl methyl sites for hydroxylation is 1. The first-order chi connectivity index (χ1) is 21.3. The predicted octanol–water partition coefficient (Wildman–Crippen LogP) is 2.89. The Morgan fingerprint density at radius 3 is 2.52 bits per heavy atom. The minimum absolute atomic E-state index is 0.0616. The van der Waals surface area contributed by atoms with E-state index in [9.17, 15) is 14.4 Å². The van der Waals surface area contributed by atoms with Crippen molar-refractivity contribution in [2.45, 2.75) is 44.8 Å². The summed E-state index contributed by atoms with van der Waals surface area (Å²) in [4.78, 5) is 54.4. The van der Waals surface area contributed by atoms with Crippen LogP contribution in [-0.4, -0.2) is 68.9 Å². The van der Waals surface area contributed by atoms with E-state index in [1.165, 1.54) is 22.5 Å². The first-order valence-electron chi connectivity index (χ1n) is 14.4. The van der Waals surface area contributed by atoms with Gasteiger partial charge in [0.1, 0.15) is 12.3 Å². The number of amides is 1. The monoisotopic (exact) mass is 617 g/mol. The van der Waals surface area contributed by atoms with Crippen LogP contribution in [0.25, 0.3) is 33.9 Å². The second kappa shape index (κ2) is 12.1. The Morgan fingerprint density at radius 1 is 1.07 bits per heavy atom. The molecule has 0 spiro atoms. The van der Waals surface area contributed by atoms with Gasteiger partial charge < -0.3 is 14.2 Å². The van der Waals surface area contributed by atoms with Crippen molar-refractivity contribution in [2.24, 2.45) is 14.1 Å². The molecule has 13 nitrogen and oxygen atoms in total. The Bertz CT molecular complexity index is 1960. The van der Waals surface area contributed by atoms with Crippen LogP contribution < -0.4 is 16.0 Å². The van der Waals surface area contributed by atoms with Crippen LogP contribution in [0.2, 0.25) is 5.02 Å². The molecule has 0 bridgehead atoms. The lowest BCUT2D eigenvalue weighted by Crippen LogP contribution is -2.43. The van der Waals surface area contributed by atoms with E-state index in [1.807, 2.05) is 23.1 Å². The molecule has 6 rings (SSSR count). The Morgan fingerprint density at radius 2 is 1.82 bits per heavy atom. The molecule has 1 fully saturated rings. The fourth-order valence-corrected chi connectivity index (χ4v) is 6.08. The zero-order valence-corrected chi connectivity index (χ0v) is 25.4. The van der Waals surface area contributed by atoms with Crippen molar-refractivity contribution in [2.75, 3.05) is 13.7 Å². The standard InChI is InChI=1S/C30H32ClN9O4/c1-36-28-25(29(42)37(2)30(36)43)38(18-33-28)17-24(41)39(21-6-4-5-7-21)14-15-40-27(20-8-9-23(44-3)22(31)16-20)34-26(35-40)19-10-12-32-13-11-19/h8-13,16,18,21H,4-7,14-15,17H2,1-3H3. The number of nitrogens with zero attached hydrogens (tertiary/aromatic N) is 9. The van der Waals surface area contributed by atoms with Crippen LogP contribution in [0.1, 0.15) is 25.7 Å². The number of hydrogen-bond acceptors (Lipinski definition) is 8. The maximum absolute atomic E-state index is 13.9. The SMILES string of the molecule is COc1ccc(-c2nc(-c3ccncc3)nn2CCN(C(=O)Cn2cnc3c2c(=O)n(C)c(=O)n3C)C2CCCC2)cc1Cl. The van der Waals surface area contributed by atoms with Crippen molar-refractivity contribution in [1.29, 1.82) is 0 Å². The van der Waals surface area contributed by atoms with Gasteiger partial charge in [0.2, 0.25) is 5.91 Å². The van der Waals surface area contributed by atoms with Gasteiger partial charge in [0, 0.05) is 50.2 Å². The molecule has 1 amide bonds. The van der Waals surface area contributed by atoms with Gasteiger partial charge in [0.25, 0.3) is 5.56 Å². The van der Waals surface area contributed by atoms with Crippen molar-refractivity contribution in [3.8, 4) is 28.5 Å². The van der Waals surface area contributed by atoms with Crippen LogP contribution in [0.5, 0.6) is 5.75 Å². The van der Waals surface area contributed by atoms with Gasteiger partial charge in [-0.05, 0) is 43.2 Å². The summed E-state index contributed by atoms with van der Waals surface area (Å²) >= 11 is 6.47. The molecule has 0 aliphatic heterocycles. The molecule has 4 heterocycles. The summed E-state index contributed by atoms with van der Waals surface area (Å²) in [6.07, 6.45) is 8.68. The lowest BCUT2D eigenvalue weighted by Gasteiger charge is -2.29. The lowest BCUT2D eigenvalue weighted by molar-refractivity contribution is -0.134. The minimum Gasteiger partial charge on any atom is -0.495 e. The second-order valence-electron chi connectivity index (χ2n) is 10.8. The van der Waals surface area contributed by atoms with Gasteiger partial charge in [-0.25, -0.2) is 19.4 Å². The smallest absolute Gasteiger partial charge is 0.332 e. The second-order valence-corrected chi connectivity index (χ2v) is 11.3. The number of carbonyl (C=O) groups is 1. The number of hydrogen-bond donors (Lipinski definition) is 0. The molecule has 14 heteroatoms. The lowest BCUT2D eigenvalue weighted by atomic mass is 10.2. The molecule has 228 valence electrons. The van der Waals surface area contributed by atoms with Crippen LogP contribution in [-0.2, 0) is 32.0 Å². The highest BCUT2D eigenvalue weighted by molar-refractivity contribution is 6.32. The molecule has 0 radical (unpaired) electrons. The minimum atomic E-state index is -0.491. The highest BCUT2D eigenvalue weighted by Gasteiger charge is 2.28. The van der Waals surface area contributed by atoms with Crippen molar-refractivity contribution in [3.05, 3.63) is 74.9 Å². The van der Waals surface area contributed by atoms with Gasteiger partial charge in [-0.2, -0.15) is 5.10 Å². The summed E-state index contributed by atoms with van der Waals surface area (Å²) < 4.78 is 11.0. The Labute approximate surface area is 257 Å². The third-order valence-corrected chi connectivity index (χ3v) is 8.48. The van der Waals surface area contributed by atoms with E-state index in [-0.39, 0.29) is 29.7 Å². The first-order valence-corrected chi connectivity index (χ1v) is 14.7. The average Bonchev–Trinajstić information content (AvgIpc) is 3.80. The molecule has 0 N–H and O–H groups in total. The third-order valence-electron chi connectivity index (χ3n) is 8.18. The fraction of sp³-hybridized carbons (Fsp3) is 0.367. The quantitative estimate of drug-likeness (QED) is 0.246. The number of fused-ring (bicyclic) bond motifs is 1. The summed E-state index contributed by atoms with van der Waals surface area (Å²) in [5, 5.41) is 5.26. The van der Waals surface area contributed by atoms with E-state index >= 15 is 0 Å². The molecular weight excluding hydrogens is 586 g/mol. The number of imidazole rings is 1. The molecule has 1 aromatic carbocycles. The average molecular weight is 618 g/mol. The molecule has 4 aromatic heterocycles. The number of carbonyl (C=O) groups excluding carboxylic acids is 1. The fourth-order valence-electron chi connectivity index (χ4n) is 5.82. The van der Waals surface area contributed by atoms with Gasteiger partial charge >= 0.3 is 5.69 Å². The molecule has 1 aliphatic rings. The summed E-state index contributed by atoms with van der Waals surface area (Å²) in [5.74, 6) is 1.54. The highest BCUT2D eigenvalue weighted by Crippen LogP contribution is 2.31. The first kappa shape index (κ1) is 29.3. The van der Waals surface area contributed by atoms with E-state index in [4.69, 9.17) is 26.4 Å². The van der Waals surface area contributed by atoms with Crippen LogP contribution >= 0.6 is 11.6 Å². The molecule has 1 aliphatic carbocycles. The highest BCUT2D eigenvalue weighted by atomic mass is 35.5. The zero-order valence-electron chi connectivity index (χ0n) is 24.7. The maximum atomic E-state index is 13.9. The molecular formula is C30H32ClN9O4. The van der Waals surface area contributed by atoms with E-state index in [0.29, 0.717) is 35.5 Å². The van der Waals surface area contributed by atoms with Crippen molar-refractivity contribution in [3.63, 3.8) is 0 Å². The summed E-state index contributed by atoms with van der Waals surface area (Å²) in [6.45, 7) is 0.671. The summed E-state index contributed by atoms with van der Waals surface area (Å²) in [6, 6.07) is 9.19. The van der Waals surface area contributed by atoms with Crippen LogP contribution in [0.15, 0.2) is 58.6 Å². The zero-order chi connectivity index (χ0) is 31.0. The topological polar surface area (TPSA) is 135 Å². The molecule has 0 saturated heterocycles. The Balaban J connectivity index is 1.32. The maximum Gasteiger partial charge on any atom is 0.332 e. The summed E-state index contributed by atoms with van der Waals surface area (Å²) in [5.41, 5.74) is 1.06. The number of aromatic nitrogens is 8. The van der Waals surface area contributed by atoms with E-state index in [0.717, 1.165) is 41.4 Å². The van der Waals surface area contributed by atoms with Crippen LogP contribution in [0, 0.1) is 0 Å². The predicted molar refractivity (Wildman–Crippen MR) is 164 cm³/mol. The van der Waals surface area contributed by atoms with E-state index in [1.54, 1.807) is 43.4 Å². The van der Waals surface area contributed by atoms with Crippen LogP contribution in [0.4, 0.5) is 0 Å². The molecule has 0 unspecified atom stereocenters. The van der Waals surface area contributed by atoms with Crippen molar-refractivity contribution in [1.82, 2.24) is 43.3 Å². The molecule has 1 saturated carbocycles. The van der Waals surface area contributed by atoms with Gasteiger partial charge in [-0.3, -0.25) is 23.7 Å². The van der Waals surface area contributed by atoms with Crippen molar-refractivity contribution < 1.29 is 9.53 Å². The van der Waals surface area contributed by atoms with Gasteiger partial charge in [-0.1, -0.05) is 24.4 Å². The number of ether oxygens (including phenoxy) is 1. The number of rotatable bonds is 9. The van der Waals surface area contributed by atoms with Crippen LogP contribution in [0.3, 0.4) is 0 Å². The van der Waals surface area contributed by atoms with Crippen molar-refractivity contribution >= 4 is 28.7 Å². The number of pyridine rings is 1. The molecule has 0 atom stereocenters. The Hall–Kier alpha value is -4.78. The van der Waals surface area contributed by atoms with E-state index < -0.39 is 11.2 Å². The van der Waals surface area contributed by atoms with Gasteiger partial charge in [0.15, 0.2) is 22.8 Å². The molecule has 44 heavy (non-hydrogen) atoms. The third kappa shape index (κ3) is 5.39. The van der Waals surface area contributed by atoms with Gasteiger partial charge in [-0.15, -0.1) is 0 Å². The summed E-state index contributed by atoms with van der Waals surface area (Å²) in [7, 11) is 4.53. The number of halogens is 1.